The van der Waals surface area contributed by atoms with E-state index in [1.54, 1.807) is 23.9 Å². The van der Waals surface area contributed by atoms with Crippen molar-refractivity contribution >= 4 is 16.7 Å². The van der Waals surface area contributed by atoms with E-state index in [9.17, 15) is 4.79 Å². The number of hydrogen-bond acceptors (Lipinski definition) is 1. The van der Waals surface area contributed by atoms with Gasteiger partial charge in [-0.2, -0.15) is 0 Å². The van der Waals surface area contributed by atoms with Crippen molar-refractivity contribution in [1.29, 1.82) is 0 Å². The van der Waals surface area contributed by atoms with Gasteiger partial charge < -0.3 is 0 Å². The van der Waals surface area contributed by atoms with E-state index in [1.165, 1.54) is 0 Å². The van der Waals surface area contributed by atoms with E-state index < -0.39 is 0 Å². The molecule has 0 fully saturated rings. The smallest absolute Gasteiger partial charge is 0.227 e. The molecule has 0 aliphatic heterocycles. The molecular formula is C14H13NO. The lowest BCUT2D eigenvalue weighted by Gasteiger charge is -1.95. The molecule has 1 aromatic heterocycles. The van der Waals surface area contributed by atoms with Crippen LogP contribution in [0.2, 0.25) is 0 Å². The van der Waals surface area contributed by atoms with E-state index in [0.29, 0.717) is 0 Å². The van der Waals surface area contributed by atoms with Crippen molar-refractivity contribution < 1.29 is 4.79 Å². The van der Waals surface area contributed by atoms with Crippen molar-refractivity contribution in [3.63, 3.8) is 0 Å². The molecule has 1 heterocycles. The van der Waals surface area contributed by atoms with Gasteiger partial charge in [-0.15, -0.1) is 0 Å². The molecule has 0 bridgehead atoms. The lowest BCUT2D eigenvalue weighted by atomic mass is 10.2. The zero-order chi connectivity index (χ0) is 11.4. The molecule has 0 aliphatic rings. The third kappa shape index (κ3) is 2.28. The molecule has 0 spiro atoms. The van der Waals surface area contributed by atoms with Gasteiger partial charge in [-0.25, -0.2) is 0 Å². The molecule has 0 aliphatic carbocycles. The SMILES string of the molecule is CC(=O)n1ccccc2ccccc2cc1. The summed E-state index contributed by atoms with van der Waals surface area (Å²) in [5.74, 6) is 0.000260. The van der Waals surface area contributed by atoms with Crippen LogP contribution in [0, 0.1) is 0 Å². The largest absolute Gasteiger partial charge is 0.295 e. The molecule has 2 rings (SSSR count). The Labute approximate surface area is 94.5 Å². The van der Waals surface area contributed by atoms with E-state index in [1.807, 2.05) is 48.5 Å². The van der Waals surface area contributed by atoms with Gasteiger partial charge in [0.2, 0.25) is 5.91 Å². The lowest BCUT2D eigenvalue weighted by molar-refractivity contribution is 0.0936. The highest BCUT2D eigenvalue weighted by molar-refractivity contribution is 5.81. The number of nitrogens with zero attached hydrogens (tertiary/aromatic N) is 1. The van der Waals surface area contributed by atoms with Crippen LogP contribution in [0.15, 0.2) is 60.9 Å². The van der Waals surface area contributed by atoms with Crippen molar-refractivity contribution in [3.8, 4) is 0 Å². The fourth-order valence-corrected chi connectivity index (χ4v) is 1.54. The van der Waals surface area contributed by atoms with Gasteiger partial charge in [0.05, 0.1) is 0 Å². The fourth-order valence-electron chi connectivity index (χ4n) is 1.54. The van der Waals surface area contributed by atoms with Crippen LogP contribution < -0.4 is 0 Å². The quantitative estimate of drug-likeness (QED) is 0.654. The van der Waals surface area contributed by atoms with E-state index in [2.05, 4.69) is 0 Å². The Balaban J connectivity index is 2.75. The minimum atomic E-state index is 0.000260. The fraction of sp³-hybridized carbons (Fsp3) is 0.0714. The number of aromatic nitrogens is 1. The van der Waals surface area contributed by atoms with Gasteiger partial charge >= 0.3 is 0 Å². The Morgan fingerprint density at radius 1 is 0.875 bits per heavy atom. The van der Waals surface area contributed by atoms with Crippen LogP contribution in [0.5, 0.6) is 0 Å². The van der Waals surface area contributed by atoms with E-state index in [4.69, 9.17) is 0 Å². The van der Waals surface area contributed by atoms with Crippen LogP contribution in [0.4, 0.5) is 0 Å². The van der Waals surface area contributed by atoms with Crippen LogP contribution in [0.3, 0.4) is 0 Å². The molecule has 0 unspecified atom stereocenters. The highest BCUT2D eigenvalue weighted by Crippen LogP contribution is 2.09. The molecular weight excluding hydrogens is 198 g/mol. The first-order chi connectivity index (χ1) is 7.77. The maximum absolute atomic E-state index is 11.3. The molecule has 0 saturated carbocycles. The van der Waals surface area contributed by atoms with E-state index in [-0.39, 0.29) is 5.91 Å². The zero-order valence-corrected chi connectivity index (χ0v) is 9.13. The van der Waals surface area contributed by atoms with Crippen molar-refractivity contribution in [2.75, 3.05) is 0 Å². The van der Waals surface area contributed by atoms with Gasteiger partial charge in [0.1, 0.15) is 0 Å². The summed E-state index contributed by atoms with van der Waals surface area (Å²) in [6.07, 6.45) is 3.53. The molecule has 0 N–H and O–H groups in total. The van der Waals surface area contributed by atoms with Crippen LogP contribution in [-0.4, -0.2) is 10.5 Å². The molecule has 1 aromatic carbocycles. The van der Waals surface area contributed by atoms with Gasteiger partial charge in [0.25, 0.3) is 0 Å². The summed E-state index contributed by atoms with van der Waals surface area (Å²) in [5, 5.41) is 2.25. The van der Waals surface area contributed by atoms with Crippen LogP contribution in [0.1, 0.15) is 11.7 Å². The summed E-state index contributed by atoms with van der Waals surface area (Å²) in [7, 11) is 0. The Hall–Kier alpha value is -2.09. The monoisotopic (exact) mass is 211 g/mol. The van der Waals surface area contributed by atoms with Gasteiger partial charge in [0.15, 0.2) is 0 Å². The number of carbonyl (C=O) groups excluding carboxylic acids is 1. The first-order valence-corrected chi connectivity index (χ1v) is 5.18. The number of benzene rings is 1. The summed E-state index contributed by atoms with van der Waals surface area (Å²) in [6.45, 7) is 1.54. The minimum Gasteiger partial charge on any atom is -0.295 e. The van der Waals surface area contributed by atoms with Gasteiger partial charge in [-0.1, -0.05) is 36.4 Å². The molecule has 2 heteroatoms. The summed E-state index contributed by atoms with van der Waals surface area (Å²) in [4.78, 5) is 11.3. The average molecular weight is 211 g/mol. The molecule has 80 valence electrons. The predicted octanol–water partition coefficient (Wildman–Crippen LogP) is 3.43. The topological polar surface area (TPSA) is 22.0 Å². The normalized spacial score (nSPS) is 9.81. The third-order valence-corrected chi connectivity index (χ3v) is 2.41. The Bertz CT molecular complexity index is 568. The number of fused-ring (bicyclic) bond motifs is 1. The van der Waals surface area contributed by atoms with Crippen molar-refractivity contribution in [1.82, 2.24) is 4.57 Å². The molecule has 0 radical (unpaired) electrons. The van der Waals surface area contributed by atoms with Crippen LogP contribution in [-0.2, 0) is 0 Å². The summed E-state index contributed by atoms with van der Waals surface area (Å²) < 4.78 is 1.56. The Morgan fingerprint density at radius 3 is 2.06 bits per heavy atom. The maximum Gasteiger partial charge on any atom is 0.227 e. The van der Waals surface area contributed by atoms with Crippen molar-refractivity contribution in [3.05, 3.63) is 60.9 Å². The summed E-state index contributed by atoms with van der Waals surface area (Å²) in [5.41, 5.74) is 0. The third-order valence-electron chi connectivity index (χ3n) is 2.41. The maximum atomic E-state index is 11.3. The zero-order valence-electron chi connectivity index (χ0n) is 9.13. The van der Waals surface area contributed by atoms with Crippen LogP contribution >= 0.6 is 0 Å². The number of hydrogen-bond donors (Lipinski definition) is 0. The van der Waals surface area contributed by atoms with Gasteiger partial charge in [-0.3, -0.25) is 9.36 Å². The van der Waals surface area contributed by atoms with Gasteiger partial charge in [-0.05, 0) is 22.9 Å². The van der Waals surface area contributed by atoms with Crippen LogP contribution in [0.25, 0.3) is 10.8 Å². The molecule has 16 heavy (non-hydrogen) atoms. The standard InChI is InChI=1S/C14H13NO/c1-12(16)15-10-5-4-8-13-6-2-3-7-14(13)9-11-15/h2-11H,1H3. The number of rotatable bonds is 0. The molecule has 0 saturated heterocycles. The van der Waals surface area contributed by atoms with Crippen molar-refractivity contribution in [2.24, 2.45) is 0 Å². The molecule has 0 atom stereocenters. The molecule has 2 nitrogen and oxygen atoms in total. The summed E-state index contributed by atoms with van der Waals surface area (Å²) in [6, 6.07) is 15.8. The van der Waals surface area contributed by atoms with E-state index >= 15 is 0 Å². The Morgan fingerprint density at radius 2 is 1.44 bits per heavy atom. The second-order valence-corrected chi connectivity index (χ2v) is 3.57. The lowest BCUT2D eigenvalue weighted by Crippen LogP contribution is -2.02. The van der Waals surface area contributed by atoms with Gasteiger partial charge in [0, 0.05) is 19.3 Å². The van der Waals surface area contributed by atoms with E-state index in [0.717, 1.165) is 10.8 Å². The minimum absolute atomic E-state index is 0.000260. The molecule has 2 aromatic rings. The number of carbonyl (C=O) groups is 1. The highest BCUT2D eigenvalue weighted by atomic mass is 16.1. The average Bonchev–Trinajstić information content (AvgIpc) is 2.38. The second-order valence-electron chi connectivity index (χ2n) is 3.57. The first-order valence-electron chi connectivity index (χ1n) is 5.18. The Kier molecular flexibility index (Phi) is 3.01. The molecule has 0 amide bonds. The van der Waals surface area contributed by atoms with Crippen molar-refractivity contribution in [2.45, 2.75) is 6.92 Å². The second kappa shape index (κ2) is 4.62. The predicted molar refractivity (Wildman–Crippen MR) is 65.9 cm³/mol. The first kappa shape index (κ1) is 10.4. The highest BCUT2D eigenvalue weighted by Gasteiger charge is 1.90. The summed E-state index contributed by atoms with van der Waals surface area (Å²) >= 11 is 0.